The molecule has 6 heteroatoms. The lowest BCUT2D eigenvalue weighted by atomic mass is 10.2. The molecule has 0 aliphatic heterocycles. The van der Waals surface area contributed by atoms with E-state index in [4.69, 9.17) is 0 Å². The van der Waals surface area contributed by atoms with Gasteiger partial charge in [0, 0.05) is 11.6 Å². The zero-order valence-corrected chi connectivity index (χ0v) is 15.2. The summed E-state index contributed by atoms with van der Waals surface area (Å²) in [4.78, 5) is 12.2. The monoisotopic (exact) mass is 358 g/mol. The van der Waals surface area contributed by atoms with Gasteiger partial charge in [-0.3, -0.25) is 9.10 Å². The molecule has 2 aromatic carbocycles. The van der Waals surface area contributed by atoms with Crippen molar-refractivity contribution in [3.8, 4) is 0 Å². The molecule has 1 amide bonds. The number of carbonyl (C=O) groups excluding carboxylic acids is 1. The lowest BCUT2D eigenvalue weighted by Gasteiger charge is -2.23. The molecule has 5 nitrogen and oxygen atoms in total. The van der Waals surface area contributed by atoms with Crippen molar-refractivity contribution in [1.82, 2.24) is 5.32 Å². The number of anilines is 1. The Kier molecular flexibility index (Phi) is 5.98. The average Bonchev–Trinajstić information content (AvgIpc) is 2.60. The minimum absolute atomic E-state index is 0.0305. The van der Waals surface area contributed by atoms with E-state index in [1.165, 1.54) is 10.4 Å². The summed E-state index contributed by atoms with van der Waals surface area (Å²) >= 11 is 0. The number of nitrogens with one attached hydrogen (secondary N) is 1. The smallest absolute Gasteiger partial charge is 0.264 e. The third kappa shape index (κ3) is 4.48. The van der Waals surface area contributed by atoms with E-state index < -0.39 is 10.0 Å². The van der Waals surface area contributed by atoms with Crippen LogP contribution >= 0.6 is 0 Å². The Morgan fingerprint density at radius 2 is 1.72 bits per heavy atom. The van der Waals surface area contributed by atoms with Crippen LogP contribution in [0.1, 0.15) is 24.2 Å². The van der Waals surface area contributed by atoms with Gasteiger partial charge >= 0.3 is 0 Å². The number of hydrogen-bond acceptors (Lipinski definition) is 3. The molecule has 0 radical (unpaired) electrons. The molecular weight excluding hydrogens is 336 g/mol. The van der Waals surface area contributed by atoms with Gasteiger partial charge < -0.3 is 5.32 Å². The number of carbonyl (C=O) groups is 1. The topological polar surface area (TPSA) is 66.5 Å². The van der Waals surface area contributed by atoms with E-state index in [0.717, 1.165) is 0 Å². The van der Waals surface area contributed by atoms with Crippen molar-refractivity contribution in [2.45, 2.75) is 24.8 Å². The van der Waals surface area contributed by atoms with Crippen LogP contribution in [0.4, 0.5) is 5.69 Å². The minimum Gasteiger partial charge on any atom is -0.350 e. The number of benzene rings is 2. The molecule has 0 atom stereocenters. The zero-order chi connectivity index (χ0) is 18.4. The second-order valence-electron chi connectivity index (χ2n) is 5.81. The lowest BCUT2D eigenvalue weighted by molar-refractivity contribution is 0.0943. The van der Waals surface area contributed by atoms with Crippen LogP contribution in [0.25, 0.3) is 0 Å². The maximum Gasteiger partial charge on any atom is 0.264 e. The van der Waals surface area contributed by atoms with Gasteiger partial charge in [0.05, 0.1) is 17.1 Å². The van der Waals surface area contributed by atoms with Crippen LogP contribution in [-0.2, 0) is 10.0 Å². The highest BCUT2D eigenvalue weighted by molar-refractivity contribution is 7.92. The van der Waals surface area contributed by atoms with Gasteiger partial charge in [-0.05, 0) is 50.2 Å². The Labute approximate surface area is 149 Å². The lowest BCUT2D eigenvalue weighted by Crippen LogP contribution is -2.32. The normalized spacial score (nSPS) is 11.2. The molecule has 0 aromatic heterocycles. The molecule has 0 heterocycles. The number of sulfonamides is 1. The van der Waals surface area contributed by atoms with Gasteiger partial charge in [-0.1, -0.05) is 24.3 Å². The molecule has 1 N–H and O–H groups in total. The second kappa shape index (κ2) is 7.98. The van der Waals surface area contributed by atoms with Gasteiger partial charge in [0.15, 0.2) is 0 Å². The Morgan fingerprint density at radius 3 is 2.24 bits per heavy atom. The van der Waals surface area contributed by atoms with Crippen molar-refractivity contribution in [3.63, 3.8) is 0 Å². The van der Waals surface area contributed by atoms with E-state index in [0.29, 0.717) is 11.3 Å². The molecule has 0 aliphatic carbocycles. The van der Waals surface area contributed by atoms with Crippen LogP contribution in [0.2, 0.25) is 0 Å². The first-order chi connectivity index (χ1) is 11.9. The summed E-state index contributed by atoms with van der Waals surface area (Å²) in [5.74, 6) is -0.192. The van der Waals surface area contributed by atoms with E-state index in [1.54, 1.807) is 54.6 Å². The summed E-state index contributed by atoms with van der Waals surface area (Å²) in [6.45, 7) is 7.53. The molecule has 0 unspecified atom stereocenters. The largest absolute Gasteiger partial charge is 0.350 e. The number of hydrogen-bond donors (Lipinski definition) is 1. The second-order valence-corrected chi connectivity index (χ2v) is 7.68. The summed E-state index contributed by atoms with van der Waals surface area (Å²) in [7, 11) is -3.71. The summed E-state index contributed by atoms with van der Waals surface area (Å²) in [5.41, 5.74) is 0.956. The maximum atomic E-state index is 12.9. The molecule has 25 heavy (non-hydrogen) atoms. The minimum atomic E-state index is -3.71. The van der Waals surface area contributed by atoms with Crippen LogP contribution in [0.3, 0.4) is 0 Å². The number of rotatable bonds is 7. The first-order valence-corrected chi connectivity index (χ1v) is 9.40. The SMILES string of the molecule is C=CCN(c1ccc(C(=O)NC(C)C)cc1)S(=O)(=O)c1ccccc1. The van der Waals surface area contributed by atoms with Crippen LogP contribution < -0.4 is 9.62 Å². The molecule has 2 aromatic rings. The Morgan fingerprint density at radius 1 is 1.12 bits per heavy atom. The summed E-state index contributed by atoms with van der Waals surface area (Å²) in [5, 5.41) is 2.80. The van der Waals surface area contributed by atoms with Gasteiger partial charge in [0.25, 0.3) is 15.9 Å². The van der Waals surface area contributed by atoms with Crippen molar-refractivity contribution in [3.05, 3.63) is 72.8 Å². The van der Waals surface area contributed by atoms with E-state index >= 15 is 0 Å². The van der Waals surface area contributed by atoms with Crippen molar-refractivity contribution in [2.24, 2.45) is 0 Å². The summed E-state index contributed by atoms with van der Waals surface area (Å²) in [6.07, 6.45) is 1.53. The van der Waals surface area contributed by atoms with E-state index in [-0.39, 0.29) is 23.4 Å². The van der Waals surface area contributed by atoms with E-state index in [9.17, 15) is 13.2 Å². The first-order valence-electron chi connectivity index (χ1n) is 7.96. The van der Waals surface area contributed by atoms with Crippen molar-refractivity contribution < 1.29 is 13.2 Å². The number of nitrogens with zero attached hydrogens (tertiary/aromatic N) is 1. The van der Waals surface area contributed by atoms with Crippen LogP contribution in [0.15, 0.2) is 72.1 Å². The van der Waals surface area contributed by atoms with Gasteiger partial charge in [-0.2, -0.15) is 0 Å². The highest BCUT2D eigenvalue weighted by Crippen LogP contribution is 2.24. The van der Waals surface area contributed by atoms with E-state index in [1.807, 2.05) is 13.8 Å². The highest BCUT2D eigenvalue weighted by Gasteiger charge is 2.23. The summed E-state index contributed by atoms with van der Waals surface area (Å²) < 4.78 is 27.0. The molecule has 2 rings (SSSR count). The predicted molar refractivity (Wildman–Crippen MR) is 100 cm³/mol. The number of amides is 1. The van der Waals surface area contributed by atoms with Gasteiger partial charge in [-0.25, -0.2) is 8.42 Å². The van der Waals surface area contributed by atoms with Crippen molar-refractivity contribution >= 4 is 21.6 Å². The van der Waals surface area contributed by atoms with Crippen molar-refractivity contribution in [2.75, 3.05) is 10.8 Å². The van der Waals surface area contributed by atoms with Gasteiger partial charge in [-0.15, -0.1) is 6.58 Å². The Bertz CT molecular complexity index is 829. The fraction of sp³-hybridized carbons (Fsp3) is 0.211. The van der Waals surface area contributed by atoms with Gasteiger partial charge in [0.2, 0.25) is 0 Å². The predicted octanol–water partition coefficient (Wildman–Crippen LogP) is 3.21. The Hall–Kier alpha value is -2.60. The molecular formula is C19H22N2O3S. The average molecular weight is 358 g/mol. The Balaban J connectivity index is 2.35. The molecule has 132 valence electrons. The van der Waals surface area contributed by atoms with Crippen LogP contribution in [0, 0.1) is 0 Å². The molecule has 0 bridgehead atoms. The third-order valence-electron chi connectivity index (χ3n) is 3.46. The molecule has 0 saturated heterocycles. The fourth-order valence-electron chi connectivity index (χ4n) is 2.30. The first kappa shape index (κ1) is 18.7. The third-order valence-corrected chi connectivity index (χ3v) is 5.27. The van der Waals surface area contributed by atoms with Crippen LogP contribution in [0.5, 0.6) is 0 Å². The molecule has 0 aliphatic rings. The molecule has 0 spiro atoms. The van der Waals surface area contributed by atoms with Crippen molar-refractivity contribution in [1.29, 1.82) is 0 Å². The zero-order valence-electron chi connectivity index (χ0n) is 14.3. The fourth-order valence-corrected chi connectivity index (χ4v) is 3.76. The highest BCUT2D eigenvalue weighted by atomic mass is 32.2. The summed E-state index contributed by atoms with van der Waals surface area (Å²) in [6, 6.07) is 14.7. The standard InChI is InChI=1S/C19H22N2O3S/c1-4-14-21(25(23,24)18-8-6-5-7-9-18)17-12-10-16(11-13-17)19(22)20-15(2)3/h4-13,15H,1,14H2,2-3H3,(H,20,22). The molecule has 0 fully saturated rings. The van der Waals surface area contributed by atoms with Crippen LogP contribution in [-0.4, -0.2) is 26.9 Å². The maximum absolute atomic E-state index is 12.9. The van der Waals surface area contributed by atoms with Gasteiger partial charge in [0.1, 0.15) is 0 Å². The quantitative estimate of drug-likeness (QED) is 0.773. The van der Waals surface area contributed by atoms with E-state index in [2.05, 4.69) is 11.9 Å². The molecule has 0 saturated carbocycles.